The van der Waals surface area contributed by atoms with Crippen LogP contribution in [0.25, 0.3) is 10.9 Å². The van der Waals surface area contributed by atoms with E-state index < -0.39 is 11.9 Å². The summed E-state index contributed by atoms with van der Waals surface area (Å²) in [4.78, 5) is 15.1. The van der Waals surface area contributed by atoms with Gasteiger partial charge < -0.3 is 9.84 Å². The van der Waals surface area contributed by atoms with Gasteiger partial charge in [0.2, 0.25) is 5.95 Å². The van der Waals surface area contributed by atoms with Crippen LogP contribution >= 0.6 is 11.6 Å². The lowest BCUT2D eigenvalue weighted by Gasteiger charge is -2.11. The van der Waals surface area contributed by atoms with Crippen LogP contribution in [0.5, 0.6) is 5.75 Å². The lowest BCUT2D eigenvalue weighted by Crippen LogP contribution is -2.06. The number of aromatic nitrogens is 1. The number of hydrogen-bond donors (Lipinski definition) is 1. The Bertz CT molecular complexity index is 898. The SMILES string of the molecule is O=C(O)c1cc(Cl)ccc1COc1cc(F)nc2ccccc12. The Kier molecular flexibility index (Phi) is 4.12. The lowest BCUT2D eigenvalue weighted by atomic mass is 10.1. The van der Waals surface area contributed by atoms with Gasteiger partial charge in [0.1, 0.15) is 12.4 Å². The molecule has 116 valence electrons. The summed E-state index contributed by atoms with van der Waals surface area (Å²) in [5.41, 5.74) is 0.969. The maximum Gasteiger partial charge on any atom is 0.336 e. The number of carboxylic acids is 1. The maximum atomic E-state index is 13.6. The van der Waals surface area contributed by atoms with Crippen LogP contribution in [0.2, 0.25) is 5.02 Å². The van der Waals surface area contributed by atoms with E-state index in [1.54, 1.807) is 36.4 Å². The van der Waals surface area contributed by atoms with Gasteiger partial charge in [-0.05, 0) is 24.3 Å². The highest BCUT2D eigenvalue weighted by Crippen LogP contribution is 2.26. The van der Waals surface area contributed by atoms with Crippen LogP contribution in [0.4, 0.5) is 4.39 Å². The molecule has 0 radical (unpaired) electrons. The molecule has 1 N–H and O–H groups in total. The van der Waals surface area contributed by atoms with E-state index >= 15 is 0 Å². The molecule has 0 amide bonds. The number of carbonyl (C=O) groups is 1. The van der Waals surface area contributed by atoms with Crippen LogP contribution < -0.4 is 4.74 Å². The molecular formula is C17H11ClFNO3. The summed E-state index contributed by atoms with van der Waals surface area (Å²) >= 11 is 5.81. The molecule has 0 aliphatic rings. The van der Waals surface area contributed by atoms with Crippen LogP contribution in [-0.4, -0.2) is 16.1 Å². The fourth-order valence-corrected chi connectivity index (χ4v) is 2.43. The van der Waals surface area contributed by atoms with Crippen LogP contribution in [-0.2, 0) is 6.61 Å². The second-order valence-corrected chi connectivity index (χ2v) is 5.29. The first-order valence-electron chi connectivity index (χ1n) is 6.74. The molecule has 6 heteroatoms. The summed E-state index contributed by atoms with van der Waals surface area (Å²) < 4.78 is 19.2. The number of fused-ring (bicyclic) bond motifs is 1. The zero-order chi connectivity index (χ0) is 16.4. The zero-order valence-electron chi connectivity index (χ0n) is 11.8. The number of halogens is 2. The third-order valence-electron chi connectivity index (χ3n) is 3.33. The number of hydrogen-bond acceptors (Lipinski definition) is 3. The molecule has 3 rings (SSSR count). The Balaban J connectivity index is 1.94. The highest BCUT2D eigenvalue weighted by atomic mass is 35.5. The summed E-state index contributed by atoms with van der Waals surface area (Å²) in [6.45, 7) is -0.0216. The van der Waals surface area contributed by atoms with Gasteiger partial charge in [0, 0.05) is 22.0 Å². The van der Waals surface area contributed by atoms with Gasteiger partial charge >= 0.3 is 5.97 Å². The molecular weight excluding hydrogens is 321 g/mol. The molecule has 1 heterocycles. The number of nitrogens with zero attached hydrogens (tertiary/aromatic N) is 1. The second-order valence-electron chi connectivity index (χ2n) is 4.86. The van der Waals surface area contributed by atoms with Crippen LogP contribution in [0.3, 0.4) is 0 Å². The Labute approximate surface area is 136 Å². The molecule has 0 fully saturated rings. The van der Waals surface area contributed by atoms with E-state index in [0.717, 1.165) is 0 Å². The smallest absolute Gasteiger partial charge is 0.336 e. The number of ether oxygens (including phenoxy) is 1. The minimum absolute atomic E-state index is 0.0216. The lowest BCUT2D eigenvalue weighted by molar-refractivity contribution is 0.0694. The van der Waals surface area contributed by atoms with Crippen molar-refractivity contribution in [2.24, 2.45) is 0 Å². The first kappa shape index (κ1) is 15.2. The Morgan fingerprint density at radius 2 is 2.00 bits per heavy atom. The largest absolute Gasteiger partial charge is 0.488 e. The van der Waals surface area contributed by atoms with Crippen molar-refractivity contribution in [1.82, 2.24) is 4.98 Å². The molecule has 0 bridgehead atoms. The standard InChI is InChI=1S/C17H11ClFNO3/c18-11-6-5-10(13(7-11)17(21)22)9-23-15-8-16(19)20-14-4-2-1-3-12(14)15/h1-8H,9H2,(H,21,22). The molecule has 0 atom stereocenters. The molecule has 0 saturated heterocycles. The van der Waals surface area contributed by atoms with Crippen molar-refractivity contribution in [1.29, 1.82) is 0 Å². The number of benzene rings is 2. The molecule has 0 aliphatic carbocycles. The monoisotopic (exact) mass is 331 g/mol. The van der Waals surface area contributed by atoms with E-state index in [9.17, 15) is 14.3 Å². The van der Waals surface area contributed by atoms with Gasteiger partial charge in [-0.1, -0.05) is 29.8 Å². The summed E-state index contributed by atoms with van der Waals surface area (Å²) in [7, 11) is 0. The van der Waals surface area contributed by atoms with Gasteiger partial charge in [0.05, 0.1) is 11.1 Å². The van der Waals surface area contributed by atoms with E-state index in [4.69, 9.17) is 16.3 Å². The Morgan fingerprint density at radius 1 is 1.22 bits per heavy atom. The van der Waals surface area contributed by atoms with Gasteiger partial charge in [-0.25, -0.2) is 9.78 Å². The molecule has 0 aliphatic heterocycles. The molecule has 0 unspecified atom stereocenters. The molecule has 4 nitrogen and oxygen atoms in total. The van der Waals surface area contributed by atoms with E-state index in [-0.39, 0.29) is 12.2 Å². The minimum atomic E-state index is -1.10. The molecule has 2 aromatic carbocycles. The molecule has 23 heavy (non-hydrogen) atoms. The summed E-state index contributed by atoms with van der Waals surface area (Å²) in [5.74, 6) is -1.45. The fraction of sp³-hybridized carbons (Fsp3) is 0.0588. The predicted molar refractivity (Wildman–Crippen MR) is 84.4 cm³/mol. The first-order chi connectivity index (χ1) is 11.0. The third kappa shape index (κ3) is 3.24. The Morgan fingerprint density at radius 3 is 2.78 bits per heavy atom. The van der Waals surface area contributed by atoms with Gasteiger partial charge in [-0.2, -0.15) is 4.39 Å². The third-order valence-corrected chi connectivity index (χ3v) is 3.57. The predicted octanol–water partition coefficient (Wildman–Crippen LogP) is 4.30. The first-order valence-corrected chi connectivity index (χ1v) is 7.12. The van der Waals surface area contributed by atoms with Crippen molar-refractivity contribution in [3.05, 3.63) is 70.6 Å². The van der Waals surface area contributed by atoms with E-state index in [0.29, 0.717) is 27.2 Å². The summed E-state index contributed by atoms with van der Waals surface area (Å²) in [5, 5.41) is 10.2. The maximum absolute atomic E-state index is 13.6. The average Bonchev–Trinajstić information content (AvgIpc) is 2.53. The number of para-hydroxylation sites is 1. The van der Waals surface area contributed by atoms with Crippen molar-refractivity contribution >= 4 is 28.5 Å². The van der Waals surface area contributed by atoms with Gasteiger partial charge in [0.25, 0.3) is 0 Å². The molecule has 0 spiro atoms. The summed E-state index contributed by atoms with van der Waals surface area (Å²) in [6, 6.07) is 12.7. The van der Waals surface area contributed by atoms with Crippen molar-refractivity contribution in [3.8, 4) is 5.75 Å². The highest BCUT2D eigenvalue weighted by Gasteiger charge is 2.13. The average molecular weight is 332 g/mol. The highest BCUT2D eigenvalue weighted by molar-refractivity contribution is 6.30. The van der Waals surface area contributed by atoms with Crippen LogP contribution in [0.1, 0.15) is 15.9 Å². The van der Waals surface area contributed by atoms with E-state index in [1.165, 1.54) is 12.1 Å². The molecule has 1 aromatic heterocycles. The Hall–Kier alpha value is -2.66. The zero-order valence-corrected chi connectivity index (χ0v) is 12.5. The van der Waals surface area contributed by atoms with Crippen LogP contribution in [0.15, 0.2) is 48.5 Å². The van der Waals surface area contributed by atoms with E-state index in [2.05, 4.69) is 4.98 Å². The van der Waals surface area contributed by atoms with Gasteiger partial charge in [-0.15, -0.1) is 0 Å². The minimum Gasteiger partial charge on any atom is -0.488 e. The van der Waals surface area contributed by atoms with Gasteiger partial charge in [-0.3, -0.25) is 0 Å². The quantitative estimate of drug-likeness (QED) is 0.724. The number of rotatable bonds is 4. The van der Waals surface area contributed by atoms with Crippen molar-refractivity contribution in [2.45, 2.75) is 6.61 Å². The normalized spacial score (nSPS) is 10.7. The molecule has 0 saturated carbocycles. The second kappa shape index (κ2) is 6.22. The van der Waals surface area contributed by atoms with Crippen molar-refractivity contribution in [3.63, 3.8) is 0 Å². The molecule has 3 aromatic rings. The number of pyridine rings is 1. The van der Waals surface area contributed by atoms with Gasteiger partial charge in [0.15, 0.2) is 0 Å². The van der Waals surface area contributed by atoms with Crippen LogP contribution in [0, 0.1) is 5.95 Å². The van der Waals surface area contributed by atoms with E-state index in [1.807, 2.05) is 0 Å². The summed E-state index contributed by atoms with van der Waals surface area (Å²) in [6.07, 6.45) is 0. The van der Waals surface area contributed by atoms with Crippen molar-refractivity contribution in [2.75, 3.05) is 0 Å². The van der Waals surface area contributed by atoms with Crippen molar-refractivity contribution < 1.29 is 19.0 Å². The number of carboxylic acid groups (broad SMARTS) is 1. The fourth-order valence-electron chi connectivity index (χ4n) is 2.26. The topological polar surface area (TPSA) is 59.4 Å². The number of aromatic carboxylic acids is 1.